The number of aromatic nitrogens is 2. The molecule has 0 amide bonds. The first-order chi connectivity index (χ1) is 8.65. The Morgan fingerprint density at radius 1 is 1.44 bits per heavy atom. The third-order valence-corrected chi connectivity index (χ3v) is 3.56. The van der Waals surface area contributed by atoms with Crippen molar-refractivity contribution in [2.24, 2.45) is 5.73 Å². The number of imidazole rings is 1. The fourth-order valence-corrected chi connectivity index (χ4v) is 2.53. The van der Waals surface area contributed by atoms with Crippen molar-refractivity contribution in [2.45, 2.75) is 32.4 Å². The first-order valence-corrected chi connectivity index (χ1v) is 6.21. The number of aryl methyl sites for hydroxylation is 1. The average molecular weight is 245 g/mol. The van der Waals surface area contributed by atoms with E-state index in [1.54, 1.807) is 13.0 Å². The second-order valence-corrected chi connectivity index (χ2v) is 4.95. The molecule has 1 unspecified atom stereocenters. The number of fused-ring (bicyclic) bond motifs is 1. The number of hydrogen-bond acceptors (Lipinski definition) is 2. The van der Waals surface area contributed by atoms with Crippen LogP contribution in [0.1, 0.15) is 17.7 Å². The lowest BCUT2D eigenvalue weighted by molar-refractivity contribution is 0.461. The lowest BCUT2D eigenvalue weighted by Crippen LogP contribution is -2.31. The summed E-state index contributed by atoms with van der Waals surface area (Å²) in [6, 6.07) is 5.37. The molecule has 2 heterocycles. The summed E-state index contributed by atoms with van der Waals surface area (Å²) in [6.07, 6.45) is 3.76. The monoisotopic (exact) mass is 245 g/mol. The maximum absolute atomic E-state index is 13.3. The van der Waals surface area contributed by atoms with Crippen LogP contribution in [0.25, 0.3) is 11.3 Å². The summed E-state index contributed by atoms with van der Waals surface area (Å²) in [5.41, 5.74) is 9.76. The molecule has 1 aromatic carbocycles. The van der Waals surface area contributed by atoms with Crippen LogP contribution in [0, 0.1) is 12.7 Å². The Labute approximate surface area is 105 Å². The number of hydrogen-bond donors (Lipinski definition) is 1. The Kier molecular flexibility index (Phi) is 2.67. The molecular weight excluding hydrogens is 229 g/mol. The van der Waals surface area contributed by atoms with Gasteiger partial charge in [-0.15, -0.1) is 0 Å². The van der Waals surface area contributed by atoms with E-state index in [9.17, 15) is 4.39 Å². The third-order valence-electron chi connectivity index (χ3n) is 3.56. The molecule has 1 atom stereocenters. The Hall–Kier alpha value is -1.68. The van der Waals surface area contributed by atoms with E-state index in [2.05, 4.69) is 9.55 Å². The van der Waals surface area contributed by atoms with Gasteiger partial charge in [-0.25, -0.2) is 9.37 Å². The number of benzene rings is 1. The molecule has 1 aromatic heterocycles. The van der Waals surface area contributed by atoms with Gasteiger partial charge in [-0.3, -0.25) is 0 Å². The van der Waals surface area contributed by atoms with E-state index in [0.717, 1.165) is 30.6 Å². The summed E-state index contributed by atoms with van der Waals surface area (Å²) in [6.45, 7) is 2.60. The van der Waals surface area contributed by atoms with E-state index in [-0.39, 0.29) is 11.9 Å². The van der Waals surface area contributed by atoms with Crippen molar-refractivity contribution in [3.63, 3.8) is 0 Å². The van der Waals surface area contributed by atoms with Gasteiger partial charge >= 0.3 is 0 Å². The summed E-state index contributed by atoms with van der Waals surface area (Å²) in [7, 11) is 0. The lowest BCUT2D eigenvalue weighted by Gasteiger charge is -2.21. The quantitative estimate of drug-likeness (QED) is 0.837. The maximum Gasteiger partial charge on any atom is 0.126 e. The van der Waals surface area contributed by atoms with Crippen molar-refractivity contribution in [3.8, 4) is 11.3 Å². The van der Waals surface area contributed by atoms with Crippen LogP contribution in [-0.2, 0) is 13.0 Å². The first kappa shape index (κ1) is 11.4. The van der Waals surface area contributed by atoms with E-state index in [0.29, 0.717) is 5.56 Å². The van der Waals surface area contributed by atoms with Gasteiger partial charge in [0.1, 0.15) is 5.82 Å². The minimum atomic E-state index is -0.172. The minimum Gasteiger partial charge on any atom is -0.332 e. The second-order valence-electron chi connectivity index (χ2n) is 4.95. The van der Waals surface area contributed by atoms with E-state index in [1.807, 2.05) is 12.4 Å². The number of nitrogens with two attached hydrogens (primary N) is 1. The van der Waals surface area contributed by atoms with Crippen molar-refractivity contribution >= 4 is 0 Å². The van der Waals surface area contributed by atoms with Gasteiger partial charge in [-0.1, -0.05) is 0 Å². The predicted octanol–water partition coefficient (Wildman–Crippen LogP) is 2.27. The summed E-state index contributed by atoms with van der Waals surface area (Å²) >= 11 is 0. The van der Waals surface area contributed by atoms with Gasteiger partial charge in [0.15, 0.2) is 0 Å². The number of halogens is 1. The molecule has 3 nitrogen and oxygen atoms in total. The van der Waals surface area contributed by atoms with Crippen LogP contribution in [0.3, 0.4) is 0 Å². The minimum absolute atomic E-state index is 0.172. The van der Waals surface area contributed by atoms with Gasteiger partial charge in [0.2, 0.25) is 0 Å². The molecular formula is C14H16FN3. The smallest absolute Gasteiger partial charge is 0.126 e. The van der Waals surface area contributed by atoms with E-state index in [1.165, 1.54) is 11.8 Å². The Morgan fingerprint density at radius 3 is 3.06 bits per heavy atom. The molecule has 18 heavy (non-hydrogen) atoms. The largest absolute Gasteiger partial charge is 0.332 e. The summed E-state index contributed by atoms with van der Waals surface area (Å²) in [5.74, 6) is -0.172. The SMILES string of the molecule is Cc1cc(-c2ncn3c2CCC(N)C3)ccc1F. The van der Waals surface area contributed by atoms with E-state index in [4.69, 9.17) is 5.73 Å². The van der Waals surface area contributed by atoms with Crippen LogP contribution in [0.15, 0.2) is 24.5 Å². The van der Waals surface area contributed by atoms with Crippen LogP contribution in [-0.4, -0.2) is 15.6 Å². The van der Waals surface area contributed by atoms with Gasteiger partial charge in [0.25, 0.3) is 0 Å². The van der Waals surface area contributed by atoms with Crippen molar-refractivity contribution in [2.75, 3.05) is 0 Å². The zero-order valence-corrected chi connectivity index (χ0v) is 10.4. The Bertz CT molecular complexity index is 589. The highest BCUT2D eigenvalue weighted by molar-refractivity contribution is 5.63. The van der Waals surface area contributed by atoms with Crippen molar-refractivity contribution in [3.05, 3.63) is 41.6 Å². The Balaban J connectivity index is 2.05. The topological polar surface area (TPSA) is 43.8 Å². The first-order valence-electron chi connectivity index (χ1n) is 6.21. The van der Waals surface area contributed by atoms with Crippen molar-refractivity contribution in [1.82, 2.24) is 9.55 Å². The normalized spacial score (nSPS) is 18.7. The van der Waals surface area contributed by atoms with Gasteiger partial charge in [-0.2, -0.15) is 0 Å². The van der Waals surface area contributed by atoms with Gasteiger partial charge < -0.3 is 10.3 Å². The predicted molar refractivity (Wildman–Crippen MR) is 68.7 cm³/mol. The molecule has 2 aromatic rings. The zero-order valence-electron chi connectivity index (χ0n) is 10.4. The molecule has 3 rings (SSSR count). The summed E-state index contributed by atoms with van der Waals surface area (Å²) in [4.78, 5) is 4.46. The molecule has 0 fully saturated rings. The molecule has 0 bridgehead atoms. The molecule has 1 aliphatic rings. The summed E-state index contributed by atoms with van der Waals surface area (Å²) in [5, 5.41) is 0. The van der Waals surface area contributed by atoms with Crippen molar-refractivity contribution < 1.29 is 4.39 Å². The molecule has 0 aliphatic carbocycles. The fourth-order valence-electron chi connectivity index (χ4n) is 2.53. The molecule has 2 N–H and O–H groups in total. The summed E-state index contributed by atoms with van der Waals surface area (Å²) < 4.78 is 15.4. The highest BCUT2D eigenvalue weighted by atomic mass is 19.1. The molecule has 1 aliphatic heterocycles. The van der Waals surface area contributed by atoms with Gasteiger partial charge in [-0.05, 0) is 43.5 Å². The zero-order chi connectivity index (χ0) is 12.7. The second kappa shape index (κ2) is 4.21. The third kappa shape index (κ3) is 1.82. The molecule has 0 spiro atoms. The standard InChI is InChI=1S/C14H16FN3/c1-9-6-10(2-4-12(9)15)14-13-5-3-11(16)7-18(13)8-17-14/h2,4,6,8,11H,3,5,7,16H2,1H3. The van der Waals surface area contributed by atoms with Crippen LogP contribution >= 0.6 is 0 Å². The van der Waals surface area contributed by atoms with Crippen LogP contribution in [0.4, 0.5) is 4.39 Å². The average Bonchev–Trinajstić information content (AvgIpc) is 2.75. The molecule has 0 saturated heterocycles. The molecule has 0 radical (unpaired) electrons. The highest BCUT2D eigenvalue weighted by Crippen LogP contribution is 2.27. The highest BCUT2D eigenvalue weighted by Gasteiger charge is 2.20. The number of rotatable bonds is 1. The van der Waals surface area contributed by atoms with Crippen molar-refractivity contribution in [1.29, 1.82) is 0 Å². The lowest BCUT2D eigenvalue weighted by atomic mass is 10.0. The van der Waals surface area contributed by atoms with E-state index < -0.39 is 0 Å². The van der Waals surface area contributed by atoms with Crippen LogP contribution in [0.2, 0.25) is 0 Å². The van der Waals surface area contributed by atoms with Crippen LogP contribution in [0.5, 0.6) is 0 Å². The van der Waals surface area contributed by atoms with Gasteiger partial charge in [0, 0.05) is 23.8 Å². The number of nitrogens with zero attached hydrogens (tertiary/aromatic N) is 2. The fraction of sp³-hybridized carbons (Fsp3) is 0.357. The molecule has 94 valence electrons. The van der Waals surface area contributed by atoms with Crippen LogP contribution < -0.4 is 5.73 Å². The van der Waals surface area contributed by atoms with Gasteiger partial charge in [0.05, 0.1) is 12.0 Å². The van der Waals surface area contributed by atoms with E-state index >= 15 is 0 Å². The maximum atomic E-state index is 13.3. The molecule has 0 saturated carbocycles. The molecule has 4 heteroatoms. The Morgan fingerprint density at radius 2 is 2.28 bits per heavy atom.